The summed E-state index contributed by atoms with van der Waals surface area (Å²) in [7, 11) is 1.87. The summed E-state index contributed by atoms with van der Waals surface area (Å²) >= 11 is 2.59. The van der Waals surface area contributed by atoms with Gasteiger partial charge in [0.15, 0.2) is 11.0 Å². The van der Waals surface area contributed by atoms with Gasteiger partial charge in [-0.15, -0.1) is 20.4 Å². The molecular weight excluding hydrogens is 360 g/mol. The smallest absolute Gasteiger partial charge is 0.236 e. The van der Waals surface area contributed by atoms with Gasteiger partial charge in [-0.2, -0.15) is 0 Å². The summed E-state index contributed by atoms with van der Waals surface area (Å²) in [5.74, 6) is 1.60. The Kier molecular flexibility index (Phi) is 5.61. The molecule has 8 nitrogen and oxygen atoms in total. The van der Waals surface area contributed by atoms with Crippen molar-refractivity contribution in [1.29, 1.82) is 0 Å². The number of anilines is 1. The summed E-state index contributed by atoms with van der Waals surface area (Å²) in [5.41, 5.74) is 2.50. The molecule has 0 aliphatic heterocycles. The summed E-state index contributed by atoms with van der Waals surface area (Å²) < 4.78 is 7.30. The predicted molar refractivity (Wildman–Crippen MR) is 96.9 cm³/mol. The fraction of sp³-hybridized carbons (Fsp3) is 0.267. The number of thioether (sulfide) groups is 1. The van der Waals surface area contributed by atoms with Gasteiger partial charge < -0.3 is 9.30 Å². The van der Waals surface area contributed by atoms with E-state index in [-0.39, 0.29) is 11.7 Å². The molecule has 10 heteroatoms. The van der Waals surface area contributed by atoms with E-state index in [2.05, 4.69) is 25.7 Å². The van der Waals surface area contributed by atoms with Gasteiger partial charge in [0.05, 0.1) is 12.4 Å². The zero-order chi connectivity index (χ0) is 17.6. The molecule has 1 N–H and O–H groups in total. The summed E-state index contributed by atoms with van der Waals surface area (Å²) in [6.45, 7) is 2.57. The lowest BCUT2D eigenvalue weighted by Gasteiger charge is -2.06. The number of hydrogen-bond donors (Lipinski definition) is 1. The number of ether oxygens (including phenoxy) is 1. The maximum absolute atomic E-state index is 11.9. The van der Waals surface area contributed by atoms with Crippen LogP contribution in [0.15, 0.2) is 34.9 Å². The Balaban J connectivity index is 1.63. The summed E-state index contributed by atoms with van der Waals surface area (Å²) in [4.78, 5) is 11.9. The van der Waals surface area contributed by atoms with Crippen LogP contribution in [0.1, 0.15) is 6.92 Å². The monoisotopic (exact) mass is 376 g/mol. The first-order chi connectivity index (χ1) is 12.2. The fourth-order valence-electron chi connectivity index (χ4n) is 2.07. The maximum Gasteiger partial charge on any atom is 0.236 e. The van der Waals surface area contributed by atoms with Crippen LogP contribution in [-0.4, -0.2) is 43.2 Å². The van der Waals surface area contributed by atoms with Crippen LogP contribution in [0.3, 0.4) is 0 Å². The molecule has 3 rings (SSSR count). The number of nitrogens with zero attached hydrogens (tertiary/aromatic N) is 5. The molecule has 3 aromatic rings. The van der Waals surface area contributed by atoms with Gasteiger partial charge in [-0.3, -0.25) is 10.1 Å². The van der Waals surface area contributed by atoms with Crippen molar-refractivity contribution in [3.8, 4) is 17.1 Å². The van der Waals surface area contributed by atoms with E-state index in [1.165, 1.54) is 23.1 Å². The Bertz CT molecular complexity index is 832. The quantitative estimate of drug-likeness (QED) is 0.633. The topological polar surface area (TPSA) is 94.8 Å². The van der Waals surface area contributed by atoms with E-state index >= 15 is 0 Å². The molecule has 0 aliphatic rings. The highest BCUT2D eigenvalue weighted by atomic mass is 32.2. The highest BCUT2D eigenvalue weighted by Gasteiger charge is 2.13. The molecule has 0 spiro atoms. The third-order valence-corrected chi connectivity index (χ3v) is 4.82. The van der Waals surface area contributed by atoms with Crippen molar-refractivity contribution in [1.82, 2.24) is 25.0 Å². The largest absolute Gasteiger partial charge is 0.494 e. The first-order valence-corrected chi connectivity index (χ1v) is 9.35. The molecule has 2 aromatic heterocycles. The van der Waals surface area contributed by atoms with Crippen LogP contribution in [0.4, 0.5) is 5.13 Å². The van der Waals surface area contributed by atoms with Crippen molar-refractivity contribution >= 4 is 34.1 Å². The number of carbonyl (C=O) groups excluding carboxylic acids is 1. The van der Waals surface area contributed by atoms with E-state index in [1.54, 1.807) is 5.51 Å². The summed E-state index contributed by atoms with van der Waals surface area (Å²) in [6.07, 6.45) is 0. The Labute approximate surface area is 152 Å². The van der Waals surface area contributed by atoms with Gasteiger partial charge in [0.2, 0.25) is 11.0 Å². The standard InChI is InChI=1S/C15H16N6O2S2/c1-3-23-11-6-4-10(5-7-11)13-18-20-15(21(13)2)24-8-12(22)17-14-19-16-9-25-14/h4-7,9H,3,8H2,1-2H3,(H,17,19,22). The summed E-state index contributed by atoms with van der Waals surface area (Å²) in [6, 6.07) is 7.67. The third kappa shape index (κ3) is 4.34. The van der Waals surface area contributed by atoms with Gasteiger partial charge in [0.1, 0.15) is 11.3 Å². The highest BCUT2D eigenvalue weighted by Crippen LogP contribution is 2.24. The second kappa shape index (κ2) is 8.08. The van der Waals surface area contributed by atoms with Crippen molar-refractivity contribution in [3.63, 3.8) is 0 Å². The molecule has 25 heavy (non-hydrogen) atoms. The molecule has 0 unspecified atom stereocenters. The number of aromatic nitrogens is 5. The molecule has 0 saturated heterocycles. The summed E-state index contributed by atoms with van der Waals surface area (Å²) in [5, 5.41) is 19.7. The molecule has 0 saturated carbocycles. The second-order valence-corrected chi connectivity index (χ2v) is 6.68. The van der Waals surface area contributed by atoms with E-state index in [9.17, 15) is 4.79 Å². The molecule has 0 bridgehead atoms. The molecule has 0 atom stereocenters. The number of rotatable bonds is 7. The number of carbonyl (C=O) groups is 1. The third-order valence-electron chi connectivity index (χ3n) is 3.20. The first kappa shape index (κ1) is 17.4. The predicted octanol–water partition coefficient (Wildman–Crippen LogP) is 2.46. The SMILES string of the molecule is CCOc1ccc(-c2nnc(SCC(=O)Nc3nncs3)n2C)cc1. The lowest BCUT2D eigenvalue weighted by molar-refractivity contribution is -0.113. The van der Waals surface area contributed by atoms with E-state index < -0.39 is 0 Å². The number of amides is 1. The highest BCUT2D eigenvalue weighted by molar-refractivity contribution is 7.99. The van der Waals surface area contributed by atoms with Gasteiger partial charge >= 0.3 is 0 Å². The molecule has 0 radical (unpaired) electrons. The van der Waals surface area contributed by atoms with Crippen LogP contribution < -0.4 is 10.1 Å². The van der Waals surface area contributed by atoms with Crippen molar-refractivity contribution < 1.29 is 9.53 Å². The minimum absolute atomic E-state index is 0.160. The number of hydrogen-bond acceptors (Lipinski definition) is 8. The maximum atomic E-state index is 11.9. The zero-order valence-corrected chi connectivity index (χ0v) is 15.3. The van der Waals surface area contributed by atoms with Crippen molar-refractivity contribution in [3.05, 3.63) is 29.8 Å². The van der Waals surface area contributed by atoms with Gasteiger partial charge in [0.25, 0.3) is 0 Å². The minimum atomic E-state index is -0.160. The minimum Gasteiger partial charge on any atom is -0.494 e. The molecule has 1 amide bonds. The van der Waals surface area contributed by atoms with Gasteiger partial charge in [-0.1, -0.05) is 23.1 Å². The van der Waals surface area contributed by atoms with Gasteiger partial charge in [-0.05, 0) is 31.2 Å². The Morgan fingerprint density at radius 3 is 2.76 bits per heavy atom. The van der Waals surface area contributed by atoms with E-state index in [1.807, 2.05) is 42.8 Å². The number of benzene rings is 1. The van der Waals surface area contributed by atoms with Crippen molar-refractivity contribution in [2.45, 2.75) is 12.1 Å². The van der Waals surface area contributed by atoms with Crippen molar-refractivity contribution in [2.75, 3.05) is 17.7 Å². The Hall–Kier alpha value is -2.46. The van der Waals surface area contributed by atoms with Crippen LogP contribution in [0.25, 0.3) is 11.4 Å². The lowest BCUT2D eigenvalue weighted by atomic mass is 10.2. The Morgan fingerprint density at radius 1 is 1.28 bits per heavy atom. The van der Waals surface area contributed by atoms with E-state index in [0.29, 0.717) is 16.9 Å². The molecule has 1 aromatic carbocycles. The van der Waals surface area contributed by atoms with Crippen LogP contribution in [-0.2, 0) is 11.8 Å². The first-order valence-electron chi connectivity index (χ1n) is 7.49. The van der Waals surface area contributed by atoms with Crippen LogP contribution >= 0.6 is 23.1 Å². The number of nitrogens with one attached hydrogen (secondary N) is 1. The molecule has 0 fully saturated rings. The Morgan fingerprint density at radius 2 is 2.08 bits per heavy atom. The van der Waals surface area contributed by atoms with Crippen LogP contribution in [0.5, 0.6) is 5.75 Å². The normalized spacial score (nSPS) is 10.6. The van der Waals surface area contributed by atoms with Crippen LogP contribution in [0.2, 0.25) is 0 Å². The van der Waals surface area contributed by atoms with E-state index in [0.717, 1.165) is 17.1 Å². The van der Waals surface area contributed by atoms with Gasteiger partial charge in [-0.25, -0.2) is 0 Å². The molecular formula is C15H16N6O2S2. The van der Waals surface area contributed by atoms with Gasteiger partial charge in [0, 0.05) is 12.6 Å². The molecule has 130 valence electrons. The molecule has 0 aliphatic carbocycles. The lowest BCUT2D eigenvalue weighted by Crippen LogP contribution is -2.14. The van der Waals surface area contributed by atoms with Crippen molar-refractivity contribution in [2.24, 2.45) is 7.05 Å². The second-order valence-electron chi connectivity index (χ2n) is 4.90. The van der Waals surface area contributed by atoms with Crippen LogP contribution in [0, 0.1) is 0 Å². The van der Waals surface area contributed by atoms with E-state index in [4.69, 9.17) is 4.74 Å². The fourth-order valence-corrected chi connectivity index (χ4v) is 3.24. The zero-order valence-electron chi connectivity index (χ0n) is 13.7. The molecule has 2 heterocycles. The average molecular weight is 376 g/mol. The average Bonchev–Trinajstić information content (AvgIpc) is 3.24.